The number of alkyl halides is 3. The molecule has 5 nitrogen and oxygen atoms in total. The van der Waals surface area contributed by atoms with Gasteiger partial charge in [0.05, 0.1) is 27.4 Å². The summed E-state index contributed by atoms with van der Waals surface area (Å²) in [7, 11) is 4.49. The van der Waals surface area contributed by atoms with Crippen LogP contribution in [0.5, 0.6) is 17.2 Å². The molecule has 0 saturated heterocycles. The maximum atomic E-state index is 13.3. The smallest absolute Gasteiger partial charge is 0.471 e. The molecule has 33 heavy (non-hydrogen) atoms. The molecule has 2 aromatic carbocycles. The van der Waals surface area contributed by atoms with Crippen molar-refractivity contribution in [3.8, 4) is 17.2 Å². The molecule has 1 fully saturated rings. The molecule has 1 amide bonds. The molecule has 2 aliphatic carbocycles. The molecule has 2 aliphatic rings. The molecular formula is C25H28F3NO4. The number of halogens is 3. The van der Waals surface area contributed by atoms with Crippen molar-refractivity contribution in [3.05, 3.63) is 53.1 Å². The molecule has 0 aliphatic heterocycles. The summed E-state index contributed by atoms with van der Waals surface area (Å²) in [5.41, 5.74) is 1.71. The lowest BCUT2D eigenvalue weighted by atomic mass is 9.66. The highest BCUT2D eigenvalue weighted by Gasteiger charge is 2.57. The highest BCUT2D eigenvalue weighted by molar-refractivity contribution is 5.83. The van der Waals surface area contributed by atoms with E-state index in [1.807, 2.05) is 30.3 Å². The van der Waals surface area contributed by atoms with Gasteiger partial charge >= 0.3 is 12.1 Å². The fourth-order valence-corrected chi connectivity index (χ4v) is 5.88. The average Bonchev–Trinajstić information content (AvgIpc) is 2.93. The largest absolute Gasteiger partial charge is 0.493 e. The number of benzene rings is 2. The van der Waals surface area contributed by atoms with Crippen LogP contribution in [0.15, 0.2) is 36.4 Å². The Morgan fingerprint density at radius 1 is 1.00 bits per heavy atom. The number of carbonyl (C=O) groups is 1. The van der Waals surface area contributed by atoms with Gasteiger partial charge in [0.15, 0.2) is 11.5 Å². The van der Waals surface area contributed by atoms with E-state index in [-0.39, 0.29) is 5.92 Å². The molecule has 3 atom stereocenters. The second-order valence-corrected chi connectivity index (χ2v) is 8.60. The first-order chi connectivity index (χ1) is 15.8. The standard InChI is InChI=1S/C25H28F3NO4/c1-31-18-14-16-19(22(33-3)21(18)32-2)24(15-10-6-4-7-11-15)13-9-5-8-12-17(24)20(16)29-23(30)25(26,27)28/h4,6-7,10-11,14,17,20H,5,8-9,12-13H2,1-3H3,(H,29,30)/t17-,20+,24+/m0/s1. The number of amides is 1. The fourth-order valence-electron chi connectivity index (χ4n) is 5.88. The first-order valence-electron chi connectivity index (χ1n) is 11.1. The Bertz CT molecular complexity index is 1020. The third-order valence-electron chi connectivity index (χ3n) is 7.10. The minimum Gasteiger partial charge on any atom is -0.493 e. The van der Waals surface area contributed by atoms with Crippen LogP contribution in [0.25, 0.3) is 0 Å². The highest BCUT2D eigenvalue weighted by Crippen LogP contribution is 2.64. The van der Waals surface area contributed by atoms with E-state index in [2.05, 4.69) is 5.32 Å². The van der Waals surface area contributed by atoms with Crippen molar-refractivity contribution >= 4 is 5.91 Å². The van der Waals surface area contributed by atoms with Gasteiger partial charge in [-0.05, 0) is 36.0 Å². The number of hydrogen-bond acceptors (Lipinski definition) is 4. The lowest BCUT2D eigenvalue weighted by molar-refractivity contribution is -0.174. The van der Waals surface area contributed by atoms with Crippen LogP contribution in [0.4, 0.5) is 13.2 Å². The van der Waals surface area contributed by atoms with E-state index in [9.17, 15) is 18.0 Å². The summed E-state index contributed by atoms with van der Waals surface area (Å²) in [6.45, 7) is 0. The Hall–Kier alpha value is -2.90. The van der Waals surface area contributed by atoms with E-state index in [1.165, 1.54) is 21.3 Å². The molecule has 0 unspecified atom stereocenters. The summed E-state index contributed by atoms with van der Waals surface area (Å²) in [5.74, 6) is -1.06. The van der Waals surface area contributed by atoms with Crippen LogP contribution in [0.1, 0.15) is 54.8 Å². The number of ether oxygens (including phenoxy) is 3. The van der Waals surface area contributed by atoms with Crippen LogP contribution >= 0.6 is 0 Å². The number of methoxy groups -OCH3 is 3. The fraction of sp³-hybridized carbons (Fsp3) is 0.480. The van der Waals surface area contributed by atoms with Crippen molar-refractivity contribution in [1.82, 2.24) is 5.32 Å². The van der Waals surface area contributed by atoms with Gasteiger partial charge in [0.25, 0.3) is 0 Å². The first kappa shape index (κ1) is 23.3. The maximum Gasteiger partial charge on any atom is 0.471 e. The highest BCUT2D eigenvalue weighted by atomic mass is 19.4. The minimum atomic E-state index is -4.98. The molecule has 0 radical (unpaired) electrons. The molecule has 0 spiro atoms. The van der Waals surface area contributed by atoms with Crippen LogP contribution in [-0.4, -0.2) is 33.4 Å². The predicted molar refractivity (Wildman–Crippen MR) is 117 cm³/mol. The summed E-state index contributed by atoms with van der Waals surface area (Å²) in [4.78, 5) is 12.1. The molecule has 0 aromatic heterocycles. The van der Waals surface area contributed by atoms with Gasteiger partial charge in [-0.25, -0.2) is 0 Å². The van der Waals surface area contributed by atoms with Crippen LogP contribution in [-0.2, 0) is 10.2 Å². The van der Waals surface area contributed by atoms with Crippen molar-refractivity contribution in [1.29, 1.82) is 0 Å². The van der Waals surface area contributed by atoms with Crippen LogP contribution in [0.3, 0.4) is 0 Å². The minimum absolute atomic E-state index is 0.283. The Kier molecular flexibility index (Phi) is 6.20. The van der Waals surface area contributed by atoms with Gasteiger partial charge in [-0.15, -0.1) is 0 Å². The van der Waals surface area contributed by atoms with Crippen molar-refractivity contribution in [3.63, 3.8) is 0 Å². The SMILES string of the molecule is COc1cc2c(c(OC)c1OC)[C@@]1(c3ccccc3)CCCCC[C@H]1[C@@H]2NC(=O)C(F)(F)F. The van der Waals surface area contributed by atoms with Crippen molar-refractivity contribution in [2.24, 2.45) is 5.92 Å². The number of nitrogens with one attached hydrogen (secondary N) is 1. The number of carbonyl (C=O) groups excluding carboxylic acids is 1. The summed E-state index contributed by atoms with van der Waals surface area (Å²) >= 11 is 0. The Balaban J connectivity index is 2.05. The van der Waals surface area contributed by atoms with Crippen LogP contribution in [0.2, 0.25) is 0 Å². The van der Waals surface area contributed by atoms with Gasteiger partial charge in [-0.1, -0.05) is 49.6 Å². The summed E-state index contributed by atoms with van der Waals surface area (Å²) in [5, 5.41) is 2.32. The molecule has 4 rings (SSSR count). The third kappa shape index (κ3) is 3.69. The molecule has 2 aromatic rings. The zero-order valence-electron chi connectivity index (χ0n) is 18.9. The van der Waals surface area contributed by atoms with Crippen molar-refractivity contribution in [2.75, 3.05) is 21.3 Å². The second kappa shape index (κ2) is 8.80. The zero-order valence-corrected chi connectivity index (χ0v) is 18.9. The number of hydrogen-bond donors (Lipinski definition) is 1. The molecule has 1 saturated carbocycles. The summed E-state index contributed by atoms with van der Waals surface area (Å²) in [6, 6.07) is 10.6. The van der Waals surface area contributed by atoms with Crippen LogP contribution < -0.4 is 19.5 Å². The molecular weight excluding hydrogens is 435 g/mol. The lowest BCUT2D eigenvalue weighted by Crippen LogP contribution is -2.43. The number of rotatable bonds is 5. The average molecular weight is 463 g/mol. The predicted octanol–water partition coefficient (Wildman–Crippen LogP) is 5.31. The van der Waals surface area contributed by atoms with Gasteiger partial charge in [0.1, 0.15) is 0 Å². The molecule has 178 valence electrons. The normalized spacial score (nSPS) is 24.3. The monoisotopic (exact) mass is 463 g/mol. The number of fused-ring (bicyclic) bond motifs is 3. The third-order valence-corrected chi connectivity index (χ3v) is 7.10. The summed E-state index contributed by atoms with van der Waals surface area (Å²) in [6.07, 6.45) is -0.858. The van der Waals surface area contributed by atoms with E-state index in [4.69, 9.17) is 14.2 Å². The first-order valence-corrected chi connectivity index (χ1v) is 11.1. The molecule has 0 bridgehead atoms. The zero-order chi connectivity index (χ0) is 23.8. The topological polar surface area (TPSA) is 56.8 Å². The Morgan fingerprint density at radius 3 is 2.30 bits per heavy atom. The molecule has 8 heteroatoms. The van der Waals surface area contributed by atoms with E-state index in [0.29, 0.717) is 29.2 Å². The Morgan fingerprint density at radius 2 is 1.70 bits per heavy atom. The molecule has 0 heterocycles. The molecule has 1 N–H and O–H groups in total. The van der Waals surface area contributed by atoms with E-state index < -0.39 is 23.5 Å². The van der Waals surface area contributed by atoms with Crippen LogP contribution in [0, 0.1) is 5.92 Å². The van der Waals surface area contributed by atoms with Gasteiger partial charge in [-0.2, -0.15) is 13.2 Å². The second-order valence-electron chi connectivity index (χ2n) is 8.60. The van der Waals surface area contributed by atoms with E-state index in [0.717, 1.165) is 36.8 Å². The van der Waals surface area contributed by atoms with Crippen molar-refractivity contribution in [2.45, 2.75) is 49.7 Å². The van der Waals surface area contributed by atoms with Crippen molar-refractivity contribution < 1.29 is 32.2 Å². The summed E-state index contributed by atoms with van der Waals surface area (Å²) < 4.78 is 57.0. The Labute approximate surface area is 191 Å². The van der Waals surface area contributed by atoms with Gasteiger partial charge in [0, 0.05) is 11.0 Å². The van der Waals surface area contributed by atoms with E-state index in [1.54, 1.807) is 6.07 Å². The van der Waals surface area contributed by atoms with Gasteiger partial charge in [-0.3, -0.25) is 4.79 Å². The maximum absolute atomic E-state index is 13.3. The lowest BCUT2D eigenvalue weighted by Gasteiger charge is -2.38. The van der Waals surface area contributed by atoms with Gasteiger partial charge < -0.3 is 19.5 Å². The quantitative estimate of drug-likeness (QED) is 0.653. The van der Waals surface area contributed by atoms with Gasteiger partial charge in [0.2, 0.25) is 5.75 Å². The van der Waals surface area contributed by atoms with E-state index >= 15 is 0 Å².